The summed E-state index contributed by atoms with van der Waals surface area (Å²) >= 11 is 1.28. The van der Waals surface area contributed by atoms with Gasteiger partial charge in [0, 0.05) is 17.8 Å². The fraction of sp³-hybridized carbons (Fsp3) is 0.524. The van der Waals surface area contributed by atoms with Gasteiger partial charge in [0.1, 0.15) is 5.25 Å². The summed E-state index contributed by atoms with van der Waals surface area (Å²) in [5.74, 6) is 0.134. The van der Waals surface area contributed by atoms with E-state index in [1.54, 1.807) is 0 Å². The molecule has 0 spiro atoms. The van der Waals surface area contributed by atoms with E-state index in [1.807, 2.05) is 39.0 Å². The summed E-state index contributed by atoms with van der Waals surface area (Å²) < 4.78 is 0. The number of rotatable bonds is 5. The highest BCUT2D eigenvalue weighted by molar-refractivity contribution is 8.15. The summed E-state index contributed by atoms with van der Waals surface area (Å²) in [5.41, 5.74) is 3.89. The molecule has 6 nitrogen and oxygen atoms in total. The highest BCUT2D eigenvalue weighted by Crippen LogP contribution is 2.26. The fourth-order valence-electron chi connectivity index (χ4n) is 3.55. The van der Waals surface area contributed by atoms with Crippen molar-refractivity contribution >= 4 is 40.1 Å². The normalized spacial score (nSPS) is 22.4. The number of nitrogens with zero attached hydrogens (tertiary/aromatic N) is 2. The van der Waals surface area contributed by atoms with Crippen molar-refractivity contribution in [3.8, 4) is 0 Å². The van der Waals surface area contributed by atoms with E-state index in [4.69, 9.17) is 0 Å². The van der Waals surface area contributed by atoms with Gasteiger partial charge in [-0.25, -0.2) is 0 Å². The minimum absolute atomic E-state index is 0.105. The molecule has 1 aliphatic carbocycles. The first-order valence-corrected chi connectivity index (χ1v) is 10.8. The number of anilines is 1. The van der Waals surface area contributed by atoms with Crippen molar-refractivity contribution in [3.63, 3.8) is 0 Å². The molecule has 0 radical (unpaired) electrons. The Labute approximate surface area is 170 Å². The Bertz CT molecular complexity index is 813. The van der Waals surface area contributed by atoms with Crippen LogP contribution in [0.15, 0.2) is 28.4 Å². The molecule has 3 rings (SSSR count). The third-order valence-electron chi connectivity index (χ3n) is 5.31. The van der Waals surface area contributed by atoms with Gasteiger partial charge < -0.3 is 10.6 Å². The number of thioether (sulfide) groups is 1. The van der Waals surface area contributed by atoms with Gasteiger partial charge >= 0.3 is 0 Å². The lowest BCUT2D eigenvalue weighted by Gasteiger charge is -2.20. The predicted molar refractivity (Wildman–Crippen MR) is 116 cm³/mol. The van der Waals surface area contributed by atoms with Crippen molar-refractivity contribution in [2.24, 2.45) is 16.1 Å². The van der Waals surface area contributed by atoms with Gasteiger partial charge in [0.2, 0.25) is 11.8 Å². The molecule has 1 aliphatic heterocycles. The van der Waals surface area contributed by atoms with Crippen molar-refractivity contribution in [2.75, 3.05) is 5.32 Å². The minimum atomic E-state index is -0.478. The van der Waals surface area contributed by atoms with Crippen molar-refractivity contribution in [3.05, 3.63) is 29.3 Å². The second-order valence-electron chi connectivity index (χ2n) is 7.65. The Morgan fingerprint density at radius 1 is 1.25 bits per heavy atom. The van der Waals surface area contributed by atoms with Gasteiger partial charge in [-0.1, -0.05) is 43.2 Å². The van der Waals surface area contributed by atoms with Crippen LogP contribution in [-0.2, 0) is 9.59 Å². The molecule has 1 saturated heterocycles. The largest absolute Gasteiger partial charge is 0.326 e. The lowest BCUT2D eigenvalue weighted by atomic mass is 9.86. The van der Waals surface area contributed by atoms with Crippen LogP contribution in [0.5, 0.6) is 0 Å². The molecule has 2 aliphatic rings. The van der Waals surface area contributed by atoms with E-state index in [0.29, 0.717) is 11.1 Å². The van der Waals surface area contributed by atoms with Crippen LogP contribution in [0.1, 0.15) is 56.6 Å². The summed E-state index contributed by atoms with van der Waals surface area (Å²) in [5, 5.41) is 14.2. The molecule has 1 atom stereocenters. The molecule has 2 N–H and O–H groups in total. The van der Waals surface area contributed by atoms with E-state index in [-0.39, 0.29) is 18.2 Å². The zero-order chi connectivity index (χ0) is 20.1. The number of aryl methyl sites for hydroxylation is 2. The maximum atomic E-state index is 12.4. The average molecular weight is 401 g/mol. The summed E-state index contributed by atoms with van der Waals surface area (Å²) in [6.07, 6.45) is 6.24. The standard InChI is InChI=1S/C21H28N4O2S/c1-13-9-10-14(2)17(11-13)22-19(26)12-18-20(27)23-21(28-18)25-24-15(3)16-7-5-4-6-8-16/h9-11,16,18H,4-8,12H2,1-3H3,(H,22,26)(H,23,25,27)/b24-15+. The molecular formula is C21H28N4O2S. The Morgan fingerprint density at radius 3 is 2.75 bits per heavy atom. The second kappa shape index (κ2) is 9.37. The number of carbonyl (C=O) groups excluding carboxylic acids is 2. The molecule has 150 valence electrons. The summed E-state index contributed by atoms with van der Waals surface area (Å²) in [7, 11) is 0. The summed E-state index contributed by atoms with van der Waals surface area (Å²) in [6.45, 7) is 5.94. The highest BCUT2D eigenvalue weighted by atomic mass is 32.2. The first kappa shape index (κ1) is 20.6. The molecular weight excluding hydrogens is 372 g/mol. The monoisotopic (exact) mass is 400 g/mol. The van der Waals surface area contributed by atoms with Gasteiger partial charge in [0.25, 0.3) is 0 Å². The first-order valence-electron chi connectivity index (χ1n) is 9.89. The smallest absolute Gasteiger partial charge is 0.240 e. The average Bonchev–Trinajstić information content (AvgIpc) is 3.02. The highest BCUT2D eigenvalue weighted by Gasteiger charge is 2.32. The zero-order valence-electron chi connectivity index (χ0n) is 16.7. The lowest BCUT2D eigenvalue weighted by Crippen LogP contribution is -2.28. The molecule has 1 unspecified atom stereocenters. The van der Waals surface area contributed by atoms with Crippen molar-refractivity contribution in [2.45, 2.75) is 64.5 Å². The third kappa shape index (κ3) is 5.44. The number of nitrogens with one attached hydrogen (secondary N) is 2. The van der Waals surface area contributed by atoms with Gasteiger partial charge in [-0.2, -0.15) is 5.10 Å². The van der Waals surface area contributed by atoms with Crippen molar-refractivity contribution in [1.29, 1.82) is 0 Å². The number of hydrogen-bond donors (Lipinski definition) is 2. The Morgan fingerprint density at radius 2 is 2.00 bits per heavy atom. The second-order valence-corrected chi connectivity index (χ2v) is 8.84. The van der Waals surface area contributed by atoms with Crippen LogP contribution in [0.4, 0.5) is 5.69 Å². The van der Waals surface area contributed by atoms with Gasteiger partial charge in [0.15, 0.2) is 5.17 Å². The molecule has 1 aromatic carbocycles. The maximum Gasteiger partial charge on any atom is 0.240 e. The molecule has 28 heavy (non-hydrogen) atoms. The van der Waals surface area contributed by atoms with Crippen LogP contribution in [0.3, 0.4) is 0 Å². The van der Waals surface area contributed by atoms with Crippen molar-refractivity contribution < 1.29 is 9.59 Å². The lowest BCUT2D eigenvalue weighted by molar-refractivity contribution is -0.122. The molecule has 1 saturated carbocycles. The van der Waals surface area contributed by atoms with E-state index in [1.165, 1.54) is 43.9 Å². The number of benzene rings is 1. The Kier molecular flexibility index (Phi) is 6.88. The van der Waals surface area contributed by atoms with Crippen LogP contribution in [-0.4, -0.2) is 27.9 Å². The molecule has 1 heterocycles. The third-order valence-corrected chi connectivity index (χ3v) is 6.38. The van der Waals surface area contributed by atoms with Crippen LogP contribution in [0.25, 0.3) is 0 Å². The molecule has 2 fully saturated rings. The number of amidine groups is 1. The van der Waals surface area contributed by atoms with Gasteiger partial charge in [0.05, 0.1) is 0 Å². The van der Waals surface area contributed by atoms with Gasteiger partial charge in [-0.3, -0.25) is 9.59 Å². The fourth-order valence-corrected chi connectivity index (χ4v) is 4.47. The quantitative estimate of drug-likeness (QED) is 0.575. The molecule has 0 aromatic heterocycles. The Hall–Kier alpha value is -2.15. The van der Waals surface area contributed by atoms with E-state index >= 15 is 0 Å². The van der Waals surface area contributed by atoms with E-state index < -0.39 is 5.25 Å². The van der Waals surface area contributed by atoms with E-state index in [9.17, 15) is 9.59 Å². The zero-order valence-corrected chi connectivity index (χ0v) is 17.6. The number of hydrogen-bond acceptors (Lipinski definition) is 5. The number of carbonyl (C=O) groups is 2. The van der Waals surface area contributed by atoms with Crippen LogP contribution in [0, 0.1) is 19.8 Å². The topological polar surface area (TPSA) is 82.9 Å². The van der Waals surface area contributed by atoms with Crippen LogP contribution < -0.4 is 10.6 Å². The maximum absolute atomic E-state index is 12.4. The molecule has 0 bridgehead atoms. The minimum Gasteiger partial charge on any atom is -0.326 e. The molecule has 2 amide bonds. The number of amides is 2. The predicted octanol–water partition coefficient (Wildman–Crippen LogP) is 4.18. The van der Waals surface area contributed by atoms with Crippen molar-refractivity contribution in [1.82, 2.24) is 5.32 Å². The van der Waals surface area contributed by atoms with E-state index in [2.05, 4.69) is 20.8 Å². The first-order chi connectivity index (χ1) is 13.4. The van der Waals surface area contributed by atoms with E-state index in [0.717, 1.165) is 22.5 Å². The Balaban J connectivity index is 1.56. The summed E-state index contributed by atoms with van der Waals surface area (Å²) in [6, 6.07) is 5.91. The van der Waals surface area contributed by atoms with Crippen LogP contribution >= 0.6 is 11.8 Å². The van der Waals surface area contributed by atoms with Gasteiger partial charge in [-0.15, -0.1) is 5.10 Å². The SMILES string of the molecule is C/C(=N\N=C1\NC(=O)C(CC(=O)Nc2cc(C)ccc2C)S1)C1CCCCC1. The molecule has 1 aromatic rings. The van der Waals surface area contributed by atoms with Gasteiger partial charge in [-0.05, 0) is 56.7 Å². The summed E-state index contributed by atoms with van der Waals surface area (Å²) in [4.78, 5) is 24.6. The molecule has 7 heteroatoms. The van der Waals surface area contributed by atoms with Crippen LogP contribution in [0.2, 0.25) is 0 Å².